The average Bonchev–Trinajstić information content (AvgIpc) is 2.51. The summed E-state index contributed by atoms with van der Waals surface area (Å²) in [5, 5.41) is 11.3. The van der Waals surface area contributed by atoms with E-state index in [0.29, 0.717) is 0 Å². The Morgan fingerprint density at radius 1 is 1.04 bits per heavy atom. The smallest absolute Gasteiger partial charge is 0.434 e. The first-order valence-corrected chi connectivity index (χ1v) is 7.80. The molecule has 9 heteroatoms. The lowest BCUT2D eigenvalue weighted by Gasteiger charge is -2.20. The fourth-order valence-electron chi connectivity index (χ4n) is 2.61. The molecule has 0 atom stereocenters. The lowest BCUT2D eigenvalue weighted by molar-refractivity contribution is -0.256. The van der Waals surface area contributed by atoms with Crippen molar-refractivity contribution in [3.05, 3.63) is 52.7 Å². The van der Waals surface area contributed by atoms with Crippen molar-refractivity contribution in [2.24, 2.45) is 5.92 Å². The monoisotopic (exact) mass is 390 g/mol. The van der Waals surface area contributed by atoms with Crippen LogP contribution in [0, 0.1) is 5.92 Å². The van der Waals surface area contributed by atoms with Crippen LogP contribution in [0.3, 0.4) is 0 Å². The van der Waals surface area contributed by atoms with Crippen LogP contribution in [-0.4, -0.2) is 11.0 Å². The molecule has 146 valence electrons. The molecule has 0 spiro atoms. The van der Waals surface area contributed by atoms with Gasteiger partial charge >= 0.3 is 12.4 Å². The van der Waals surface area contributed by atoms with Gasteiger partial charge in [-0.25, -0.2) is 4.98 Å². The van der Waals surface area contributed by atoms with E-state index in [0.717, 1.165) is 30.3 Å². The highest BCUT2D eigenvalue weighted by Crippen LogP contribution is 2.36. The van der Waals surface area contributed by atoms with Gasteiger partial charge < -0.3 is 9.90 Å². The van der Waals surface area contributed by atoms with E-state index in [9.17, 15) is 36.2 Å². The fourth-order valence-corrected chi connectivity index (χ4v) is 2.61. The highest BCUT2D eigenvalue weighted by molar-refractivity contribution is 5.90. The van der Waals surface area contributed by atoms with Crippen molar-refractivity contribution in [1.29, 1.82) is 0 Å². The summed E-state index contributed by atoms with van der Waals surface area (Å²) in [5.74, 6) is -2.18. The molecule has 1 heterocycles. The second kappa shape index (κ2) is 7.21. The van der Waals surface area contributed by atoms with Gasteiger partial charge in [-0.1, -0.05) is 26.0 Å². The van der Waals surface area contributed by atoms with Gasteiger partial charge in [0.15, 0.2) is 5.69 Å². The molecule has 0 aliphatic carbocycles. The number of carbonyl (C=O) groups is 1. The van der Waals surface area contributed by atoms with Crippen molar-refractivity contribution in [1.82, 2.24) is 4.98 Å². The van der Waals surface area contributed by atoms with Gasteiger partial charge in [0.25, 0.3) is 0 Å². The first-order chi connectivity index (χ1) is 12.3. The SMILES string of the molecule is CC(C)Cc1cc(-c2ccc(C(F)(F)F)cc2)nc(C(F)(F)F)c1C(=O)[O-]. The van der Waals surface area contributed by atoms with Gasteiger partial charge in [0, 0.05) is 11.1 Å². The Morgan fingerprint density at radius 2 is 1.59 bits per heavy atom. The Morgan fingerprint density at radius 3 is 2.00 bits per heavy atom. The molecule has 0 aliphatic heterocycles. The minimum atomic E-state index is -5.07. The Labute approximate surface area is 150 Å². The number of benzene rings is 1. The number of hydrogen-bond acceptors (Lipinski definition) is 3. The van der Waals surface area contributed by atoms with Crippen molar-refractivity contribution >= 4 is 5.97 Å². The summed E-state index contributed by atoms with van der Waals surface area (Å²) in [6, 6.07) is 4.56. The molecule has 0 amide bonds. The molecule has 2 aromatic rings. The zero-order valence-corrected chi connectivity index (χ0v) is 14.2. The molecule has 0 fully saturated rings. The molecular formula is C18H14F6NO2-. The number of nitrogens with zero attached hydrogens (tertiary/aromatic N) is 1. The highest BCUT2D eigenvalue weighted by Gasteiger charge is 2.37. The number of halogens is 6. The van der Waals surface area contributed by atoms with Crippen LogP contribution in [-0.2, 0) is 18.8 Å². The largest absolute Gasteiger partial charge is 0.545 e. The topological polar surface area (TPSA) is 53.0 Å². The number of pyridine rings is 1. The van der Waals surface area contributed by atoms with E-state index >= 15 is 0 Å². The van der Waals surface area contributed by atoms with Crippen LogP contribution < -0.4 is 5.11 Å². The predicted molar refractivity (Wildman–Crippen MR) is 82.5 cm³/mol. The van der Waals surface area contributed by atoms with Crippen LogP contribution in [0.4, 0.5) is 26.3 Å². The van der Waals surface area contributed by atoms with Crippen molar-refractivity contribution in [3.8, 4) is 11.3 Å². The summed E-state index contributed by atoms with van der Waals surface area (Å²) in [6.45, 7) is 3.37. The molecule has 1 aromatic carbocycles. The molecule has 0 bridgehead atoms. The third-order valence-corrected chi connectivity index (χ3v) is 3.71. The van der Waals surface area contributed by atoms with Crippen molar-refractivity contribution in [3.63, 3.8) is 0 Å². The number of carboxylic acid groups (broad SMARTS) is 1. The Kier molecular flexibility index (Phi) is 5.53. The fraction of sp³-hybridized carbons (Fsp3) is 0.333. The highest BCUT2D eigenvalue weighted by atomic mass is 19.4. The van der Waals surface area contributed by atoms with Gasteiger partial charge in [0.05, 0.1) is 17.2 Å². The molecule has 0 radical (unpaired) electrons. The molecule has 0 saturated heterocycles. The van der Waals surface area contributed by atoms with Crippen molar-refractivity contribution < 1.29 is 36.2 Å². The quantitative estimate of drug-likeness (QED) is 0.730. The Hall–Kier alpha value is -2.58. The first-order valence-electron chi connectivity index (χ1n) is 7.80. The zero-order chi connectivity index (χ0) is 20.6. The molecule has 2 rings (SSSR count). The molecule has 0 aliphatic rings. The summed E-state index contributed by atoms with van der Waals surface area (Å²) >= 11 is 0. The van der Waals surface area contributed by atoms with Gasteiger partial charge in [-0.3, -0.25) is 0 Å². The third-order valence-electron chi connectivity index (χ3n) is 3.71. The normalized spacial score (nSPS) is 12.5. The number of carboxylic acids is 1. The maximum absolute atomic E-state index is 13.3. The second-order valence-corrected chi connectivity index (χ2v) is 6.35. The second-order valence-electron chi connectivity index (χ2n) is 6.35. The first kappa shape index (κ1) is 20.7. The molecule has 1 aromatic heterocycles. The Bertz CT molecular complexity index is 839. The minimum absolute atomic E-state index is 0.00253. The summed E-state index contributed by atoms with van der Waals surface area (Å²) in [4.78, 5) is 14.7. The summed E-state index contributed by atoms with van der Waals surface area (Å²) in [5.41, 5.74) is -4.04. The lowest BCUT2D eigenvalue weighted by atomic mass is 9.94. The number of carbonyl (C=O) groups excluding carboxylic acids is 1. The molecule has 0 unspecified atom stereocenters. The van der Waals surface area contributed by atoms with Gasteiger partial charge in [-0.2, -0.15) is 26.3 Å². The number of aromatic nitrogens is 1. The molecule has 27 heavy (non-hydrogen) atoms. The third kappa shape index (κ3) is 4.78. The van der Waals surface area contributed by atoms with Crippen molar-refractivity contribution in [2.45, 2.75) is 32.6 Å². The molecule has 0 N–H and O–H groups in total. The van der Waals surface area contributed by atoms with E-state index in [1.54, 1.807) is 13.8 Å². The summed E-state index contributed by atoms with van der Waals surface area (Å²) < 4.78 is 78.0. The molecule has 3 nitrogen and oxygen atoms in total. The summed E-state index contributed by atoms with van der Waals surface area (Å²) in [7, 11) is 0. The maximum Gasteiger partial charge on any atom is 0.434 e. The van der Waals surface area contributed by atoms with E-state index in [1.165, 1.54) is 0 Å². The van der Waals surface area contributed by atoms with Crippen LogP contribution in [0.25, 0.3) is 11.3 Å². The van der Waals surface area contributed by atoms with Crippen LogP contribution in [0.1, 0.15) is 41.0 Å². The van der Waals surface area contributed by atoms with Gasteiger partial charge in [-0.15, -0.1) is 0 Å². The number of aromatic carboxylic acids is 1. The number of hydrogen-bond donors (Lipinski definition) is 0. The van der Waals surface area contributed by atoms with E-state index in [4.69, 9.17) is 0 Å². The zero-order valence-electron chi connectivity index (χ0n) is 14.2. The Balaban J connectivity index is 2.68. The minimum Gasteiger partial charge on any atom is -0.545 e. The van der Waals surface area contributed by atoms with Crippen LogP contribution >= 0.6 is 0 Å². The number of alkyl halides is 6. The summed E-state index contributed by atoms with van der Waals surface area (Å²) in [6.07, 6.45) is -9.66. The van der Waals surface area contributed by atoms with E-state index in [-0.39, 0.29) is 29.2 Å². The predicted octanol–water partition coefficient (Wildman–Crippen LogP) is 4.35. The van der Waals surface area contributed by atoms with Crippen LogP contribution in [0.15, 0.2) is 30.3 Å². The standard InChI is InChI=1S/C18H15F6NO2/c1-9(2)7-11-8-13(10-3-5-12(6-4-10)17(19,20)21)25-15(18(22,23)24)14(11)16(26)27/h3-6,8-9H,7H2,1-2H3,(H,26,27)/p-1. The van der Waals surface area contributed by atoms with E-state index in [2.05, 4.69) is 4.98 Å². The van der Waals surface area contributed by atoms with Crippen molar-refractivity contribution in [2.75, 3.05) is 0 Å². The van der Waals surface area contributed by atoms with Gasteiger partial charge in [-0.05, 0) is 36.1 Å². The molecular weight excluding hydrogens is 376 g/mol. The lowest BCUT2D eigenvalue weighted by Crippen LogP contribution is -2.29. The van der Waals surface area contributed by atoms with Gasteiger partial charge in [0.2, 0.25) is 0 Å². The maximum atomic E-state index is 13.3. The van der Waals surface area contributed by atoms with Crippen LogP contribution in [0.5, 0.6) is 0 Å². The van der Waals surface area contributed by atoms with Gasteiger partial charge in [0.1, 0.15) is 0 Å². The van der Waals surface area contributed by atoms with E-state index in [1.807, 2.05) is 0 Å². The number of rotatable bonds is 4. The average molecular weight is 390 g/mol. The van der Waals surface area contributed by atoms with E-state index < -0.39 is 35.1 Å². The molecule has 0 saturated carbocycles. The van der Waals surface area contributed by atoms with Crippen LogP contribution in [0.2, 0.25) is 0 Å².